The fraction of sp³-hybridized carbons (Fsp3) is 0.667. The zero-order valence-corrected chi connectivity index (χ0v) is 11.7. The van der Waals surface area contributed by atoms with Crippen molar-refractivity contribution in [2.45, 2.75) is 39.7 Å². The molecule has 1 saturated heterocycles. The van der Waals surface area contributed by atoms with Gasteiger partial charge in [-0.05, 0) is 36.8 Å². The Morgan fingerprint density at radius 2 is 1.72 bits per heavy atom. The molecule has 0 aromatic carbocycles. The van der Waals surface area contributed by atoms with Crippen LogP contribution < -0.4 is 0 Å². The maximum Gasteiger partial charge on any atom is 0.245 e. The van der Waals surface area contributed by atoms with Gasteiger partial charge < -0.3 is 9.47 Å². The standard InChI is InChI=1S/C15H24N2O/c1-12(2)14(16-8-4-5-9-16)15(18)17-10-6-13(3)7-11-17/h4-5,8-9,12-14H,6-7,10-11H2,1-3H3/t14-/m0/s1. The minimum absolute atomic E-state index is 0.0478. The molecule has 1 atom stereocenters. The second-order valence-corrected chi connectivity index (χ2v) is 5.83. The molecule has 1 fully saturated rings. The average molecular weight is 248 g/mol. The second-order valence-electron chi connectivity index (χ2n) is 5.83. The van der Waals surface area contributed by atoms with Crippen molar-refractivity contribution >= 4 is 5.91 Å². The van der Waals surface area contributed by atoms with Crippen LogP contribution in [0.25, 0.3) is 0 Å². The van der Waals surface area contributed by atoms with E-state index in [1.54, 1.807) is 0 Å². The summed E-state index contributed by atoms with van der Waals surface area (Å²) >= 11 is 0. The molecule has 0 radical (unpaired) electrons. The first kappa shape index (κ1) is 13.2. The molecule has 0 N–H and O–H groups in total. The van der Waals surface area contributed by atoms with Crippen LogP contribution in [-0.4, -0.2) is 28.5 Å². The zero-order valence-electron chi connectivity index (χ0n) is 11.7. The van der Waals surface area contributed by atoms with Gasteiger partial charge in [0.05, 0.1) is 0 Å². The van der Waals surface area contributed by atoms with Crippen molar-refractivity contribution in [1.82, 2.24) is 9.47 Å². The summed E-state index contributed by atoms with van der Waals surface area (Å²) in [7, 11) is 0. The first-order chi connectivity index (χ1) is 8.59. The molecular formula is C15H24N2O. The Kier molecular flexibility index (Phi) is 4.10. The van der Waals surface area contributed by atoms with E-state index in [1.807, 2.05) is 34.0 Å². The molecule has 1 aliphatic rings. The van der Waals surface area contributed by atoms with E-state index in [9.17, 15) is 4.79 Å². The quantitative estimate of drug-likeness (QED) is 0.807. The Morgan fingerprint density at radius 1 is 1.17 bits per heavy atom. The van der Waals surface area contributed by atoms with Crippen molar-refractivity contribution < 1.29 is 4.79 Å². The Bertz CT molecular complexity index is 375. The summed E-state index contributed by atoms with van der Waals surface area (Å²) in [6.45, 7) is 8.35. The van der Waals surface area contributed by atoms with E-state index in [1.165, 1.54) is 0 Å². The third-order valence-electron chi connectivity index (χ3n) is 3.93. The van der Waals surface area contributed by atoms with Crippen molar-refractivity contribution in [3.63, 3.8) is 0 Å². The Morgan fingerprint density at radius 3 is 2.22 bits per heavy atom. The van der Waals surface area contributed by atoms with Gasteiger partial charge in [-0.1, -0.05) is 20.8 Å². The average Bonchev–Trinajstić information content (AvgIpc) is 2.83. The van der Waals surface area contributed by atoms with Crippen molar-refractivity contribution in [3.05, 3.63) is 24.5 Å². The molecule has 0 bridgehead atoms. The van der Waals surface area contributed by atoms with Gasteiger partial charge in [-0.3, -0.25) is 4.79 Å². The van der Waals surface area contributed by atoms with Crippen molar-refractivity contribution in [2.24, 2.45) is 11.8 Å². The van der Waals surface area contributed by atoms with Gasteiger partial charge in [0.1, 0.15) is 6.04 Å². The molecule has 3 nitrogen and oxygen atoms in total. The summed E-state index contributed by atoms with van der Waals surface area (Å²) in [6, 6.07) is 3.93. The Hall–Kier alpha value is -1.25. The van der Waals surface area contributed by atoms with Gasteiger partial charge in [-0.25, -0.2) is 0 Å². The molecule has 1 aromatic heterocycles. The first-order valence-electron chi connectivity index (χ1n) is 7.01. The predicted molar refractivity (Wildman–Crippen MR) is 73.3 cm³/mol. The minimum atomic E-state index is -0.0478. The monoisotopic (exact) mass is 248 g/mol. The van der Waals surface area contributed by atoms with Crippen LogP contribution in [0.2, 0.25) is 0 Å². The lowest BCUT2D eigenvalue weighted by Gasteiger charge is -2.34. The number of carbonyl (C=O) groups excluding carboxylic acids is 1. The van der Waals surface area contributed by atoms with Gasteiger partial charge >= 0.3 is 0 Å². The predicted octanol–water partition coefficient (Wildman–Crippen LogP) is 2.94. The maximum absolute atomic E-state index is 12.6. The molecule has 18 heavy (non-hydrogen) atoms. The van der Waals surface area contributed by atoms with E-state index in [0.29, 0.717) is 5.92 Å². The second kappa shape index (κ2) is 5.59. The van der Waals surface area contributed by atoms with E-state index >= 15 is 0 Å². The first-order valence-corrected chi connectivity index (χ1v) is 7.01. The van der Waals surface area contributed by atoms with Gasteiger partial charge in [0.2, 0.25) is 5.91 Å². The number of hydrogen-bond acceptors (Lipinski definition) is 1. The number of carbonyl (C=O) groups is 1. The van der Waals surface area contributed by atoms with E-state index in [0.717, 1.165) is 31.8 Å². The largest absolute Gasteiger partial charge is 0.342 e. The fourth-order valence-corrected chi connectivity index (χ4v) is 2.71. The molecule has 2 rings (SSSR count). The summed E-state index contributed by atoms with van der Waals surface area (Å²) in [6.07, 6.45) is 6.27. The van der Waals surface area contributed by atoms with Gasteiger partial charge in [-0.15, -0.1) is 0 Å². The van der Waals surface area contributed by atoms with Gasteiger partial charge in [-0.2, -0.15) is 0 Å². The summed E-state index contributed by atoms with van der Waals surface area (Å²) < 4.78 is 2.05. The van der Waals surface area contributed by atoms with E-state index in [-0.39, 0.29) is 11.9 Å². The number of nitrogens with zero attached hydrogens (tertiary/aromatic N) is 2. The highest BCUT2D eigenvalue weighted by molar-refractivity contribution is 5.80. The third-order valence-corrected chi connectivity index (χ3v) is 3.93. The number of amides is 1. The third kappa shape index (κ3) is 2.77. The summed E-state index contributed by atoms with van der Waals surface area (Å²) in [5, 5.41) is 0. The molecule has 0 aliphatic carbocycles. The highest BCUT2D eigenvalue weighted by Crippen LogP contribution is 2.24. The lowest BCUT2D eigenvalue weighted by molar-refractivity contribution is -0.137. The molecule has 100 valence electrons. The number of hydrogen-bond donors (Lipinski definition) is 0. The number of piperidine rings is 1. The van der Waals surface area contributed by atoms with E-state index in [2.05, 4.69) is 20.8 Å². The van der Waals surface area contributed by atoms with Crippen LogP contribution in [0.5, 0.6) is 0 Å². The lowest BCUT2D eigenvalue weighted by Crippen LogP contribution is -2.43. The Balaban J connectivity index is 2.09. The van der Waals surface area contributed by atoms with Crippen molar-refractivity contribution in [3.8, 4) is 0 Å². The minimum Gasteiger partial charge on any atom is -0.342 e. The summed E-state index contributed by atoms with van der Waals surface area (Å²) in [5.41, 5.74) is 0. The number of aromatic nitrogens is 1. The molecule has 1 amide bonds. The number of likely N-dealkylation sites (tertiary alicyclic amines) is 1. The fourth-order valence-electron chi connectivity index (χ4n) is 2.71. The normalized spacial score (nSPS) is 19.2. The summed E-state index contributed by atoms with van der Waals surface area (Å²) in [4.78, 5) is 14.7. The van der Waals surface area contributed by atoms with Crippen LogP contribution in [0.4, 0.5) is 0 Å². The molecule has 0 unspecified atom stereocenters. The van der Waals surface area contributed by atoms with Crippen LogP contribution >= 0.6 is 0 Å². The van der Waals surface area contributed by atoms with Crippen molar-refractivity contribution in [1.29, 1.82) is 0 Å². The maximum atomic E-state index is 12.6. The molecule has 3 heteroatoms. The molecule has 0 spiro atoms. The lowest BCUT2D eigenvalue weighted by atomic mass is 9.96. The van der Waals surface area contributed by atoms with E-state index < -0.39 is 0 Å². The smallest absolute Gasteiger partial charge is 0.245 e. The van der Waals surface area contributed by atoms with Crippen LogP contribution in [0, 0.1) is 11.8 Å². The highest BCUT2D eigenvalue weighted by atomic mass is 16.2. The van der Waals surface area contributed by atoms with Crippen LogP contribution in [0.3, 0.4) is 0 Å². The molecule has 0 saturated carbocycles. The zero-order chi connectivity index (χ0) is 13.1. The molecular weight excluding hydrogens is 224 g/mol. The topological polar surface area (TPSA) is 25.2 Å². The van der Waals surface area contributed by atoms with Gasteiger partial charge in [0.15, 0.2) is 0 Å². The molecule has 2 heterocycles. The molecule has 1 aromatic rings. The highest BCUT2D eigenvalue weighted by Gasteiger charge is 2.29. The van der Waals surface area contributed by atoms with Crippen LogP contribution in [0.1, 0.15) is 39.7 Å². The van der Waals surface area contributed by atoms with Crippen LogP contribution in [-0.2, 0) is 4.79 Å². The molecule has 1 aliphatic heterocycles. The van der Waals surface area contributed by atoms with Crippen molar-refractivity contribution in [2.75, 3.05) is 13.1 Å². The Labute approximate surface area is 110 Å². The van der Waals surface area contributed by atoms with Gasteiger partial charge in [0, 0.05) is 25.5 Å². The van der Waals surface area contributed by atoms with E-state index in [4.69, 9.17) is 0 Å². The van der Waals surface area contributed by atoms with Gasteiger partial charge in [0.25, 0.3) is 0 Å². The SMILES string of the molecule is CC1CCN(C(=O)[C@H](C(C)C)n2cccc2)CC1. The number of rotatable bonds is 3. The summed E-state index contributed by atoms with van der Waals surface area (Å²) in [5.74, 6) is 1.37. The van der Waals surface area contributed by atoms with Crippen LogP contribution in [0.15, 0.2) is 24.5 Å².